The summed E-state index contributed by atoms with van der Waals surface area (Å²) in [5.74, 6) is 1.66. The van der Waals surface area contributed by atoms with Crippen molar-refractivity contribution < 1.29 is 9.26 Å². The zero-order chi connectivity index (χ0) is 15.2. The van der Waals surface area contributed by atoms with E-state index < -0.39 is 0 Å². The van der Waals surface area contributed by atoms with E-state index in [9.17, 15) is 0 Å². The number of aromatic nitrogens is 4. The Bertz CT molecular complexity index is 572. The monoisotopic (exact) mass is 291 g/mol. The highest BCUT2D eigenvalue weighted by Crippen LogP contribution is 2.23. The van der Waals surface area contributed by atoms with Crippen molar-refractivity contribution in [1.29, 1.82) is 0 Å². The molecule has 2 atom stereocenters. The number of ether oxygens (including phenoxy) is 1. The molecule has 2 aromatic rings. The van der Waals surface area contributed by atoms with Crippen LogP contribution in [0.3, 0.4) is 0 Å². The van der Waals surface area contributed by atoms with E-state index >= 15 is 0 Å². The van der Waals surface area contributed by atoms with Gasteiger partial charge in [0.15, 0.2) is 0 Å². The Morgan fingerprint density at radius 1 is 1.33 bits per heavy atom. The summed E-state index contributed by atoms with van der Waals surface area (Å²) in [6.45, 7) is 7.21. The molecule has 2 unspecified atom stereocenters. The third-order valence-electron chi connectivity index (χ3n) is 3.42. The van der Waals surface area contributed by atoms with Gasteiger partial charge in [-0.1, -0.05) is 25.9 Å². The van der Waals surface area contributed by atoms with Crippen LogP contribution in [0.25, 0.3) is 11.5 Å². The van der Waals surface area contributed by atoms with E-state index in [-0.39, 0.29) is 5.92 Å². The Morgan fingerprint density at radius 2 is 2.14 bits per heavy atom. The Morgan fingerprint density at radius 3 is 2.81 bits per heavy atom. The molecule has 0 aliphatic rings. The molecule has 2 heterocycles. The fraction of sp³-hybridized carbons (Fsp3) is 0.571. The molecule has 2 rings (SSSR count). The lowest BCUT2D eigenvalue weighted by atomic mass is 9.99. The minimum absolute atomic E-state index is 0.139. The summed E-state index contributed by atoms with van der Waals surface area (Å²) in [4.78, 5) is 12.5. The minimum atomic E-state index is 0.139. The van der Waals surface area contributed by atoms with Gasteiger partial charge in [0, 0.05) is 12.1 Å². The van der Waals surface area contributed by atoms with Gasteiger partial charge in [-0.25, -0.2) is 9.97 Å². The lowest BCUT2D eigenvalue weighted by molar-refractivity contribution is 0.321. The van der Waals surface area contributed by atoms with Gasteiger partial charge in [0.05, 0.1) is 13.0 Å². The maximum Gasteiger partial charge on any atom is 0.231 e. The van der Waals surface area contributed by atoms with Gasteiger partial charge in [-0.05, 0) is 13.0 Å². The fourth-order valence-corrected chi connectivity index (χ4v) is 2.21. The van der Waals surface area contributed by atoms with Crippen LogP contribution in [0.2, 0.25) is 0 Å². The van der Waals surface area contributed by atoms with Crippen LogP contribution in [0.5, 0.6) is 5.88 Å². The molecule has 0 spiro atoms. The zero-order valence-corrected chi connectivity index (χ0v) is 12.8. The first-order chi connectivity index (χ1) is 10.2. The molecule has 0 fully saturated rings. The molecule has 0 aromatic carbocycles. The fourth-order valence-electron chi connectivity index (χ4n) is 2.21. The van der Waals surface area contributed by atoms with Crippen LogP contribution in [-0.2, 0) is 0 Å². The van der Waals surface area contributed by atoms with Gasteiger partial charge in [0.1, 0.15) is 12.0 Å². The lowest BCUT2D eigenvalue weighted by Gasteiger charge is -2.20. The molecule has 7 nitrogen and oxygen atoms in total. The smallest absolute Gasteiger partial charge is 0.231 e. The average Bonchev–Trinajstić information content (AvgIpc) is 3.02. The summed E-state index contributed by atoms with van der Waals surface area (Å²) in [6, 6.07) is 1.99. The zero-order valence-electron chi connectivity index (χ0n) is 12.8. The van der Waals surface area contributed by atoms with Crippen LogP contribution in [0.4, 0.5) is 0 Å². The molecule has 2 aromatic heterocycles. The maximum atomic E-state index is 5.38. The van der Waals surface area contributed by atoms with Crippen molar-refractivity contribution in [3.8, 4) is 17.4 Å². The minimum Gasteiger partial charge on any atom is -0.481 e. The third-order valence-corrected chi connectivity index (χ3v) is 3.42. The van der Waals surface area contributed by atoms with Crippen LogP contribution in [0, 0.1) is 0 Å². The maximum absolute atomic E-state index is 5.38. The molecule has 0 saturated heterocycles. The molecule has 114 valence electrons. The van der Waals surface area contributed by atoms with E-state index in [1.165, 1.54) is 6.33 Å². The normalized spacial score (nSPS) is 13.9. The standard InChI is InChI=1S/C14H21N5O2/c1-5-10(15-6-2)9(3)14-18-13(19-21-14)11-7-12(20-4)17-8-16-11/h7-10,15H,5-6H2,1-4H3. The summed E-state index contributed by atoms with van der Waals surface area (Å²) in [5, 5.41) is 7.42. The van der Waals surface area contributed by atoms with Gasteiger partial charge in [-0.3, -0.25) is 0 Å². The van der Waals surface area contributed by atoms with E-state index in [2.05, 4.69) is 46.2 Å². The lowest BCUT2D eigenvalue weighted by Crippen LogP contribution is -2.33. The first-order valence-electron chi connectivity index (χ1n) is 7.12. The predicted octanol–water partition coefficient (Wildman–Crippen LogP) is 2.03. The van der Waals surface area contributed by atoms with Crippen molar-refractivity contribution in [2.24, 2.45) is 0 Å². The number of hydrogen-bond acceptors (Lipinski definition) is 7. The predicted molar refractivity (Wildman–Crippen MR) is 78.0 cm³/mol. The van der Waals surface area contributed by atoms with Crippen molar-refractivity contribution in [2.75, 3.05) is 13.7 Å². The second kappa shape index (κ2) is 7.12. The molecule has 0 saturated carbocycles. The highest BCUT2D eigenvalue weighted by molar-refractivity contribution is 5.49. The molecule has 0 bridgehead atoms. The number of likely N-dealkylation sites (N-methyl/N-ethyl adjacent to an activating group) is 1. The number of methoxy groups -OCH3 is 1. The second-order valence-corrected chi connectivity index (χ2v) is 4.76. The summed E-state index contributed by atoms with van der Waals surface area (Å²) in [6.07, 6.45) is 2.41. The summed E-state index contributed by atoms with van der Waals surface area (Å²) < 4.78 is 10.5. The summed E-state index contributed by atoms with van der Waals surface area (Å²) >= 11 is 0. The van der Waals surface area contributed by atoms with E-state index in [4.69, 9.17) is 9.26 Å². The van der Waals surface area contributed by atoms with Gasteiger partial charge in [0.2, 0.25) is 17.6 Å². The number of rotatable bonds is 7. The molecule has 0 radical (unpaired) electrons. The SMILES string of the molecule is CCNC(CC)C(C)c1nc(-c2cc(OC)ncn2)no1. The van der Waals surface area contributed by atoms with E-state index in [0.717, 1.165) is 13.0 Å². The van der Waals surface area contributed by atoms with Crippen molar-refractivity contribution in [3.05, 3.63) is 18.3 Å². The van der Waals surface area contributed by atoms with E-state index in [0.29, 0.717) is 29.3 Å². The van der Waals surface area contributed by atoms with E-state index in [1.807, 2.05) is 0 Å². The average molecular weight is 291 g/mol. The third kappa shape index (κ3) is 3.55. The van der Waals surface area contributed by atoms with Crippen molar-refractivity contribution >= 4 is 0 Å². The van der Waals surface area contributed by atoms with Gasteiger partial charge < -0.3 is 14.6 Å². The number of nitrogens with zero attached hydrogens (tertiary/aromatic N) is 4. The van der Waals surface area contributed by atoms with E-state index in [1.54, 1.807) is 13.2 Å². The van der Waals surface area contributed by atoms with Crippen LogP contribution >= 0.6 is 0 Å². The quantitative estimate of drug-likeness (QED) is 0.835. The molecule has 0 aliphatic heterocycles. The second-order valence-electron chi connectivity index (χ2n) is 4.76. The Labute approximate surface area is 124 Å². The molecule has 21 heavy (non-hydrogen) atoms. The molecular formula is C14H21N5O2. The Hall–Kier alpha value is -2.02. The van der Waals surface area contributed by atoms with Crippen LogP contribution in [0.1, 0.15) is 39.0 Å². The van der Waals surface area contributed by atoms with Crippen LogP contribution in [0.15, 0.2) is 16.9 Å². The molecule has 7 heteroatoms. The first kappa shape index (κ1) is 15.4. The topological polar surface area (TPSA) is 86.0 Å². The molecule has 0 aliphatic carbocycles. The van der Waals surface area contributed by atoms with Gasteiger partial charge in [0.25, 0.3) is 0 Å². The van der Waals surface area contributed by atoms with Crippen molar-refractivity contribution in [3.63, 3.8) is 0 Å². The number of hydrogen-bond donors (Lipinski definition) is 1. The van der Waals surface area contributed by atoms with Crippen molar-refractivity contribution in [2.45, 2.75) is 39.2 Å². The van der Waals surface area contributed by atoms with Crippen molar-refractivity contribution in [1.82, 2.24) is 25.4 Å². The van der Waals surface area contributed by atoms with Gasteiger partial charge in [-0.15, -0.1) is 0 Å². The molecule has 0 amide bonds. The Balaban J connectivity index is 2.20. The largest absolute Gasteiger partial charge is 0.481 e. The highest BCUT2D eigenvalue weighted by atomic mass is 16.5. The molecule has 1 N–H and O–H groups in total. The Kier molecular flexibility index (Phi) is 5.21. The highest BCUT2D eigenvalue weighted by Gasteiger charge is 2.23. The molecular weight excluding hydrogens is 270 g/mol. The van der Waals surface area contributed by atoms with Gasteiger partial charge in [-0.2, -0.15) is 4.98 Å². The summed E-state index contributed by atoms with van der Waals surface area (Å²) in [7, 11) is 1.55. The number of nitrogens with one attached hydrogen (secondary N) is 1. The first-order valence-corrected chi connectivity index (χ1v) is 7.12. The van der Waals surface area contributed by atoms with Crippen LogP contribution in [-0.4, -0.2) is 39.8 Å². The van der Waals surface area contributed by atoms with Gasteiger partial charge >= 0.3 is 0 Å². The summed E-state index contributed by atoms with van der Waals surface area (Å²) in [5.41, 5.74) is 0.584. The van der Waals surface area contributed by atoms with Crippen LogP contribution < -0.4 is 10.1 Å².